The van der Waals surface area contributed by atoms with Crippen molar-refractivity contribution in [2.45, 2.75) is 49.1 Å². The zero-order chi connectivity index (χ0) is 24.0. The van der Waals surface area contributed by atoms with Gasteiger partial charge in [-0.2, -0.15) is 8.42 Å². The quantitative estimate of drug-likeness (QED) is 0.335. The van der Waals surface area contributed by atoms with Crippen LogP contribution in [0.5, 0.6) is 0 Å². The summed E-state index contributed by atoms with van der Waals surface area (Å²) in [5.74, 6) is -1.43. The van der Waals surface area contributed by atoms with Crippen molar-refractivity contribution >= 4 is 33.8 Å². The molecular weight excluding hydrogens is 462 g/mol. The molecule has 2 saturated heterocycles. The largest absolute Gasteiger partial charge is 0.451 e. The normalized spacial score (nSPS) is 24.8. The Hall–Kier alpha value is -2.36. The van der Waals surface area contributed by atoms with E-state index < -0.39 is 45.0 Å². The number of hydrogen-bond acceptors (Lipinski definition) is 7. The molecule has 2 fully saturated rings. The minimum Gasteiger partial charge on any atom is -0.451 e. The van der Waals surface area contributed by atoms with Crippen molar-refractivity contribution in [1.82, 2.24) is 4.90 Å². The maximum atomic E-state index is 13.5. The van der Waals surface area contributed by atoms with Crippen LogP contribution in [0.3, 0.4) is 0 Å². The van der Waals surface area contributed by atoms with Crippen molar-refractivity contribution in [1.29, 1.82) is 0 Å². The lowest BCUT2D eigenvalue weighted by molar-refractivity contribution is -0.172. The number of amides is 1. The van der Waals surface area contributed by atoms with Crippen LogP contribution >= 0.6 is 11.8 Å². The molecule has 0 spiro atoms. The second kappa shape index (κ2) is 8.77. The predicted molar refractivity (Wildman–Crippen MR) is 126 cm³/mol. The third kappa shape index (κ3) is 4.67. The molecule has 4 atom stereocenters. The van der Waals surface area contributed by atoms with Crippen LogP contribution < -0.4 is 0 Å². The van der Waals surface area contributed by atoms with E-state index in [9.17, 15) is 18.0 Å². The SMILES string of the molecule is CC(OS(C)(=O)=O)[C@@H]1C(=O)N2[C@@H]1SC(C)(C)[C@@H]2C(=O)OC(c1ccccc1)c1ccccc1. The first-order valence-electron chi connectivity index (χ1n) is 10.7. The van der Waals surface area contributed by atoms with Gasteiger partial charge >= 0.3 is 5.97 Å². The highest BCUT2D eigenvalue weighted by Crippen LogP contribution is 2.55. The van der Waals surface area contributed by atoms with Crippen molar-refractivity contribution in [3.63, 3.8) is 0 Å². The highest BCUT2D eigenvalue weighted by atomic mass is 32.2. The molecular formula is C24H27NO6S2. The van der Waals surface area contributed by atoms with E-state index in [1.807, 2.05) is 74.5 Å². The summed E-state index contributed by atoms with van der Waals surface area (Å²) in [4.78, 5) is 28.1. The zero-order valence-corrected chi connectivity index (χ0v) is 20.5. The third-order valence-electron chi connectivity index (χ3n) is 5.98. The fourth-order valence-electron chi connectivity index (χ4n) is 4.56. The predicted octanol–water partition coefficient (Wildman–Crippen LogP) is 3.36. The number of thioether (sulfide) groups is 1. The van der Waals surface area contributed by atoms with Gasteiger partial charge in [0, 0.05) is 4.75 Å². The van der Waals surface area contributed by atoms with Gasteiger partial charge in [0.05, 0.1) is 23.7 Å². The summed E-state index contributed by atoms with van der Waals surface area (Å²) in [6, 6.07) is 18.1. The van der Waals surface area contributed by atoms with Crippen LogP contribution in [0.1, 0.15) is 38.0 Å². The van der Waals surface area contributed by atoms with E-state index in [1.54, 1.807) is 6.92 Å². The molecule has 9 heteroatoms. The Labute approximate surface area is 198 Å². The molecule has 2 aliphatic rings. The molecule has 2 aromatic carbocycles. The fourth-order valence-corrected chi connectivity index (χ4v) is 7.01. The van der Waals surface area contributed by atoms with Crippen molar-refractivity contribution in [3.8, 4) is 0 Å². The number of fused-ring (bicyclic) bond motifs is 1. The Bertz CT molecular complexity index is 1100. The first kappa shape index (κ1) is 23.8. The molecule has 4 rings (SSSR count). The molecule has 2 heterocycles. The maximum absolute atomic E-state index is 13.5. The highest BCUT2D eigenvalue weighted by molar-refractivity contribution is 8.01. The van der Waals surface area contributed by atoms with Crippen molar-refractivity contribution in [2.75, 3.05) is 6.26 Å². The van der Waals surface area contributed by atoms with E-state index in [1.165, 1.54) is 16.7 Å². The molecule has 2 aliphatic heterocycles. The molecule has 0 radical (unpaired) electrons. The van der Waals surface area contributed by atoms with Gasteiger partial charge < -0.3 is 9.64 Å². The lowest BCUT2D eigenvalue weighted by atomic mass is 9.88. The van der Waals surface area contributed by atoms with Crippen molar-refractivity contribution < 1.29 is 26.9 Å². The summed E-state index contributed by atoms with van der Waals surface area (Å²) in [6.45, 7) is 5.36. The Morgan fingerprint density at radius 3 is 2.03 bits per heavy atom. The van der Waals surface area contributed by atoms with E-state index >= 15 is 0 Å². The average Bonchev–Trinajstić information content (AvgIpc) is 2.99. The Morgan fingerprint density at radius 2 is 1.55 bits per heavy atom. The van der Waals surface area contributed by atoms with Gasteiger partial charge in [-0.25, -0.2) is 4.79 Å². The van der Waals surface area contributed by atoms with E-state index in [-0.39, 0.29) is 11.3 Å². The van der Waals surface area contributed by atoms with Gasteiger partial charge in [0.15, 0.2) is 6.10 Å². The molecule has 0 aliphatic carbocycles. The number of esters is 1. The van der Waals surface area contributed by atoms with Gasteiger partial charge in [-0.3, -0.25) is 8.98 Å². The second-order valence-electron chi connectivity index (χ2n) is 8.93. The van der Waals surface area contributed by atoms with Crippen LogP contribution in [0.4, 0.5) is 0 Å². The topological polar surface area (TPSA) is 90.0 Å². The number of benzene rings is 2. The van der Waals surface area contributed by atoms with Crippen LogP contribution in [0, 0.1) is 5.92 Å². The van der Waals surface area contributed by atoms with Crippen LogP contribution in [0.2, 0.25) is 0 Å². The minimum absolute atomic E-state index is 0.299. The van der Waals surface area contributed by atoms with E-state index in [0.717, 1.165) is 17.4 Å². The van der Waals surface area contributed by atoms with Crippen LogP contribution in [0.25, 0.3) is 0 Å². The smallest absolute Gasteiger partial charge is 0.331 e. The number of carbonyl (C=O) groups excluding carboxylic acids is 2. The highest BCUT2D eigenvalue weighted by Gasteiger charge is 2.65. The summed E-state index contributed by atoms with van der Waals surface area (Å²) in [7, 11) is -3.70. The van der Waals surface area contributed by atoms with Crippen molar-refractivity contribution in [2.24, 2.45) is 5.92 Å². The Morgan fingerprint density at radius 1 is 1.03 bits per heavy atom. The number of ether oxygens (including phenoxy) is 1. The molecule has 1 amide bonds. The minimum atomic E-state index is -3.70. The number of carbonyl (C=O) groups is 2. The molecule has 176 valence electrons. The van der Waals surface area contributed by atoms with E-state index in [2.05, 4.69) is 0 Å². The number of β-lactam (4-membered cyclic amide) rings is 1. The summed E-state index contributed by atoms with van der Waals surface area (Å²) >= 11 is 1.47. The molecule has 0 bridgehead atoms. The van der Waals surface area contributed by atoms with Crippen LogP contribution in [0.15, 0.2) is 60.7 Å². The zero-order valence-electron chi connectivity index (χ0n) is 18.9. The Kier molecular flexibility index (Phi) is 6.32. The van der Waals surface area contributed by atoms with E-state index in [4.69, 9.17) is 8.92 Å². The van der Waals surface area contributed by atoms with Gasteiger partial charge in [-0.05, 0) is 31.9 Å². The molecule has 0 saturated carbocycles. The van der Waals surface area contributed by atoms with E-state index in [0.29, 0.717) is 0 Å². The summed E-state index contributed by atoms with van der Waals surface area (Å²) in [6.07, 6.45) is -0.462. The molecule has 2 aromatic rings. The molecule has 7 nitrogen and oxygen atoms in total. The van der Waals surface area contributed by atoms with Crippen LogP contribution in [-0.2, 0) is 28.6 Å². The summed E-state index contributed by atoms with van der Waals surface area (Å²) in [5, 5.41) is -0.353. The molecule has 0 aromatic heterocycles. The maximum Gasteiger partial charge on any atom is 0.331 e. The lowest BCUT2D eigenvalue weighted by Crippen LogP contribution is -2.65. The summed E-state index contributed by atoms with van der Waals surface area (Å²) < 4.78 is 33.6. The van der Waals surface area contributed by atoms with Gasteiger partial charge in [0.1, 0.15) is 6.04 Å². The first-order chi connectivity index (χ1) is 15.5. The number of nitrogens with zero attached hydrogens (tertiary/aromatic N) is 1. The first-order valence-corrected chi connectivity index (χ1v) is 13.4. The van der Waals surface area contributed by atoms with Crippen molar-refractivity contribution in [3.05, 3.63) is 71.8 Å². The third-order valence-corrected chi connectivity index (χ3v) is 8.22. The standard InChI is InChI=1S/C24H27NO6S2/c1-15(31-33(4,28)29)18-21(26)25-20(24(2,3)32-22(18)25)23(27)30-19(16-11-7-5-8-12-16)17-13-9-6-10-14-17/h5-15,18-20,22H,1-4H3/t15?,18-,20+,22-/m1/s1. The summed E-state index contributed by atoms with van der Waals surface area (Å²) in [5.41, 5.74) is 1.67. The molecule has 33 heavy (non-hydrogen) atoms. The Balaban J connectivity index is 1.58. The fraction of sp³-hybridized carbons (Fsp3) is 0.417. The second-order valence-corrected chi connectivity index (χ2v) is 12.3. The van der Waals surface area contributed by atoms with Gasteiger partial charge in [-0.15, -0.1) is 11.8 Å². The average molecular weight is 490 g/mol. The van der Waals surface area contributed by atoms with Crippen LogP contribution in [-0.4, -0.2) is 53.7 Å². The number of rotatable bonds is 7. The number of hydrogen-bond donors (Lipinski definition) is 0. The van der Waals surface area contributed by atoms with Gasteiger partial charge in [0.25, 0.3) is 10.1 Å². The van der Waals surface area contributed by atoms with Gasteiger partial charge in [0.2, 0.25) is 5.91 Å². The molecule has 0 N–H and O–H groups in total. The van der Waals surface area contributed by atoms with Gasteiger partial charge in [-0.1, -0.05) is 60.7 Å². The molecule has 1 unspecified atom stereocenters. The lowest BCUT2D eigenvalue weighted by Gasteiger charge is -2.45. The monoisotopic (exact) mass is 489 g/mol.